The molecular formula is C12H19N3S. The largest absolute Gasteiger partial charge is 0.392 e. The fourth-order valence-electron chi connectivity index (χ4n) is 1.78. The highest BCUT2D eigenvalue weighted by atomic mass is 32.1. The van der Waals surface area contributed by atoms with E-state index in [0.29, 0.717) is 4.99 Å². The molecule has 1 atom stereocenters. The standard InChI is InChI=1S/C12H19N3S/c1-4-11(12(13)16)15(3)8-10-7-5-6-9(2)14-10/h5-7,11H,4,8H2,1-3H3,(H2,13,16). The van der Waals surface area contributed by atoms with Crippen LogP contribution < -0.4 is 5.73 Å². The van der Waals surface area contributed by atoms with Crippen molar-refractivity contribution in [1.29, 1.82) is 0 Å². The second-order valence-corrected chi connectivity index (χ2v) is 4.48. The number of hydrogen-bond donors (Lipinski definition) is 1. The van der Waals surface area contributed by atoms with E-state index in [1.807, 2.05) is 32.2 Å². The van der Waals surface area contributed by atoms with Crippen molar-refractivity contribution >= 4 is 17.2 Å². The Balaban J connectivity index is 2.69. The van der Waals surface area contributed by atoms with Crippen LogP contribution in [-0.4, -0.2) is 28.0 Å². The Morgan fingerprint density at radius 3 is 2.75 bits per heavy atom. The third-order valence-electron chi connectivity index (χ3n) is 2.60. The number of pyridine rings is 1. The van der Waals surface area contributed by atoms with Gasteiger partial charge in [-0.2, -0.15) is 0 Å². The molecule has 4 heteroatoms. The van der Waals surface area contributed by atoms with Gasteiger partial charge in [-0.05, 0) is 32.5 Å². The fraction of sp³-hybridized carbons (Fsp3) is 0.500. The highest BCUT2D eigenvalue weighted by molar-refractivity contribution is 7.80. The Hall–Kier alpha value is -1.00. The average Bonchev–Trinajstić information content (AvgIpc) is 2.17. The Bertz CT molecular complexity index is 365. The van der Waals surface area contributed by atoms with Crippen LogP contribution in [0.1, 0.15) is 24.7 Å². The molecule has 1 aromatic heterocycles. The van der Waals surface area contributed by atoms with Crippen molar-refractivity contribution in [2.45, 2.75) is 32.9 Å². The normalized spacial score (nSPS) is 12.8. The first-order chi connectivity index (χ1) is 7.54. The van der Waals surface area contributed by atoms with Gasteiger partial charge in [0.1, 0.15) is 0 Å². The Kier molecular flexibility index (Phi) is 4.83. The maximum atomic E-state index is 5.70. The molecule has 0 saturated carbocycles. The van der Waals surface area contributed by atoms with Gasteiger partial charge in [0.25, 0.3) is 0 Å². The lowest BCUT2D eigenvalue weighted by Gasteiger charge is -2.25. The molecule has 0 aliphatic carbocycles. The lowest BCUT2D eigenvalue weighted by molar-refractivity contribution is 0.280. The molecule has 0 aliphatic rings. The van der Waals surface area contributed by atoms with E-state index in [0.717, 1.165) is 24.4 Å². The number of nitrogens with zero attached hydrogens (tertiary/aromatic N) is 2. The predicted octanol–water partition coefficient (Wildman–Crippen LogP) is 1.89. The molecule has 0 fully saturated rings. The topological polar surface area (TPSA) is 42.1 Å². The number of thiocarbonyl (C=S) groups is 1. The van der Waals surface area contributed by atoms with Gasteiger partial charge in [-0.1, -0.05) is 25.2 Å². The molecule has 3 nitrogen and oxygen atoms in total. The highest BCUT2D eigenvalue weighted by Gasteiger charge is 2.15. The minimum absolute atomic E-state index is 0.150. The van der Waals surface area contributed by atoms with Crippen molar-refractivity contribution in [3.05, 3.63) is 29.6 Å². The maximum Gasteiger partial charge on any atom is 0.0901 e. The lowest BCUT2D eigenvalue weighted by atomic mass is 10.2. The third kappa shape index (κ3) is 3.54. The van der Waals surface area contributed by atoms with Crippen molar-refractivity contribution in [2.24, 2.45) is 5.73 Å². The van der Waals surface area contributed by atoms with E-state index in [1.54, 1.807) is 0 Å². The summed E-state index contributed by atoms with van der Waals surface area (Å²) in [6.07, 6.45) is 0.928. The van der Waals surface area contributed by atoms with E-state index in [2.05, 4.69) is 16.8 Å². The summed E-state index contributed by atoms with van der Waals surface area (Å²) in [5.74, 6) is 0. The van der Waals surface area contributed by atoms with E-state index < -0.39 is 0 Å². The van der Waals surface area contributed by atoms with Gasteiger partial charge >= 0.3 is 0 Å². The van der Waals surface area contributed by atoms with Crippen LogP contribution in [-0.2, 0) is 6.54 Å². The molecule has 1 aromatic rings. The Morgan fingerprint density at radius 2 is 2.25 bits per heavy atom. The summed E-state index contributed by atoms with van der Waals surface area (Å²) in [7, 11) is 2.03. The van der Waals surface area contributed by atoms with E-state index in [9.17, 15) is 0 Å². The van der Waals surface area contributed by atoms with Gasteiger partial charge in [-0.3, -0.25) is 9.88 Å². The molecule has 0 spiro atoms. The van der Waals surface area contributed by atoms with Gasteiger partial charge in [0.05, 0.1) is 16.7 Å². The van der Waals surface area contributed by atoms with Crippen LogP contribution in [0.5, 0.6) is 0 Å². The lowest BCUT2D eigenvalue weighted by Crippen LogP contribution is -2.40. The van der Waals surface area contributed by atoms with Crippen molar-refractivity contribution in [3.8, 4) is 0 Å². The molecule has 1 unspecified atom stereocenters. The van der Waals surface area contributed by atoms with Crippen molar-refractivity contribution in [3.63, 3.8) is 0 Å². The van der Waals surface area contributed by atoms with Crippen molar-refractivity contribution < 1.29 is 0 Å². The van der Waals surface area contributed by atoms with Gasteiger partial charge in [0.2, 0.25) is 0 Å². The summed E-state index contributed by atoms with van der Waals surface area (Å²) in [6, 6.07) is 6.19. The molecule has 1 heterocycles. The number of aryl methyl sites for hydroxylation is 1. The van der Waals surface area contributed by atoms with Crippen LogP contribution in [0.3, 0.4) is 0 Å². The quantitative estimate of drug-likeness (QED) is 0.794. The first-order valence-corrected chi connectivity index (χ1v) is 5.87. The summed E-state index contributed by atoms with van der Waals surface area (Å²) in [5, 5.41) is 0. The first kappa shape index (κ1) is 13.1. The van der Waals surface area contributed by atoms with Crippen LogP contribution in [0.2, 0.25) is 0 Å². The fourth-order valence-corrected chi connectivity index (χ4v) is 2.13. The minimum atomic E-state index is 0.150. The van der Waals surface area contributed by atoms with E-state index in [4.69, 9.17) is 18.0 Å². The molecular weight excluding hydrogens is 218 g/mol. The molecule has 16 heavy (non-hydrogen) atoms. The zero-order chi connectivity index (χ0) is 12.1. The summed E-state index contributed by atoms with van der Waals surface area (Å²) in [4.78, 5) is 7.16. The molecule has 1 rings (SSSR count). The summed E-state index contributed by atoms with van der Waals surface area (Å²) < 4.78 is 0. The van der Waals surface area contributed by atoms with Crippen LogP contribution in [0.4, 0.5) is 0 Å². The van der Waals surface area contributed by atoms with E-state index >= 15 is 0 Å². The van der Waals surface area contributed by atoms with E-state index in [1.165, 1.54) is 0 Å². The Labute approximate surface area is 103 Å². The van der Waals surface area contributed by atoms with Crippen LogP contribution in [0.25, 0.3) is 0 Å². The van der Waals surface area contributed by atoms with Gasteiger partial charge in [-0.15, -0.1) is 0 Å². The van der Waals surface area contributed by atoms with Gasteiger partial charge in [0, 0.05) is 12.2 Å². The highest BCUT2D eigenvalue weighted by Crippen LogP contribution is 2.08. The molecule has 0 aromatic carbocycles. The van der Waals surface area contributed by atoms with Crippen LogP contribution in [0, 0.1) is 6.92 Å². The first-order valence-electron chi connectivity index (χ1n) is 5.46. The monoisotopic (exact) mass is 237 g/mol. The van der Waals surface area contributed by atoms with Gasteiger partial charge in [0.15, 0.2) is 0 Å². The molecule has 0 aliphatic heterocycles. The smallest absolute Gasteiger partial charge is 0.0901 e. The second-order valence-electron chi connectivity index (χ2n) is 4.01. The molecule has 88 valence electrons. The minimum Gasteiger partial charge on any atom is -0.392 e. The van der Waals surface area contributed by atoms with E-state index in [-0.39, 0.29) is 6.04 Å². The zero-order valence-corrected chi connectivity index (χ0v) is 10.9. The van der Waals surface area contributed by atoms with Gasteiger partial charge < -0.3 is 5.73 Å². The number of nitrogens with two attached hydrogens (primary N) is 1. The summed E-state index contributed by atoms with van der Waals surface area (Å²) >= 11 is 5.05. The van der Waals surface area contributed by atoms with Crippen LogP contribution >= 0.6 is 12.2 Å². The molecule has 2 N–H and O–H groups in total. The zero-order valence-electron chi connectivity index (χ0n) is 10.1. The Morgan fingerprint density at radius 1 is 1.56 bits per heavy atom. The molecule has 0 bridgehead atoms. The van der Waals surface area contributed by atoms with Gasteiger partial charge in [-0.25, -0.2) is 0 Å². The molecule has 0 amide bonds. The molecule has 0 radical (unpaired) electrons. The van der Waals surface area contributed by atoms with Crippen molar-refractivity contribution in [1.82, 2.24) is 9.88 Å². The SMILES string of the molecule is CCC(C(N)=S)N(C)Cc1cccc(C)n1. The third-order valence-corrected chi connectivity index (χ3v) is 2.88. The summed E-state index contributed by atoms with van der Waals surface area (Å²) in [5.41, 5.74) is 7.79. The number of hydrogen-bond acceptors (Lipinski definition) is 3. The average molecular weight is 237 g/mol. The number of likely N-dealkylation sites (N-methyl/N-ethyl adjacent to an activating group) is 1. The van der Waals surface area contributed by atoms with Crippen molar-refractivity contribution in [2.75, 3.05) is 7.05 Å². The summed E-state index contributed by atoms with van der Waals surface area (Å²) in [6.45, 7) is 4.86. The maximum absolute atomic E-state index is 5.70. The number of aromatic nitrogens is 1. The second kappa shape index (κ2) is 5.92. The van der Waals surface area contributed by atoms with Crippen LogP contribution in [0.15, 0.2) is 18.2 Å². The molecule has 0 saturated heterocycles. The number of rotatable bonds is 5. The predicted molar refractivity (Wildman–Crippen MR) is 71.3 cm³/mol.